The Morgan fingerprint density at radius 1 is 1.21 bits per heavy atom. The summed E-state index contributed by atoms with van der Waals surface area (Å²) >= 11 is 0. The lowest BCUT2D eigenvalue weighted by Gasteiger charge is -2.22. The van der Waals surface area contributed by atoms with E-state index in [2.05, 4.69) is 10.3 Å². The van der Waals surface area contributed by atoms with Gasteiger partial charge in [0.15, 0.2) is 6.61 Å². The van der Waals surface area contributed by atoms with Crippen molar-refractivity contribution in [1.82, 2.24) is 15.2 Å². The van der Waals surface area contributed by atoms with Gasteiger partial charge in [0, 0.05) is 17.0 Å². The van der Waals surface area contributed by atoms with Crippen LogP contribution in [0, 0.1) is 0 Å². The highest BCUT2D eigenvalue weighted by molar-refractivity contribution is 5.99. The number of hydrogen-bond donors (Lipinski definition) is 2. The molecule has 1 unspecified atom stereocenters. The lowest BCUT2D eigenvalue weighted by atomic mass is 10.1. The largest absolute Gasteiger partial charge is 0.497 e. The number of aromatic nitrogens is 1. The van der Waals surface area contributed by atoms with Gasteiger partial charge in [0.1, 0.15) is 11.4 Å². The number of hydrogen-bond acceptors (Lipinski definition) is 5. The van der Waals surface area contributed by atoms with E-state index in [0.29, 0.717) is 11.4 Å². The number of cyclic esters (lactones) is 1. The van der Waals surface area contributed by atoms with E-state index in [1.165, 1.54) is 0 Å². The van der Waals surface area contributed by atoms with Crippen molar-refractivity contribution >= 4 is 28.8 Å². The highest BCUT2D eigenvalue weighted by Crippen LogP contribution is 2.22. The first-order valence-corrected chi connectivity index (χ1v) is 9.05. The molecule has 1 atom stereocenters. The Kier molecular flexibility index (Phi) is 4.90. The van der Waals surface area contributed by atoms with Gasteiger partial charge >= 0.3 is 6.09 Å². The molecule has 2 N–H and O–H groups in total. The topological polar surface area (TPSA) is 101 Å². The van der Waals surface area contributed by atoms with Gasteiger partial charge in [0.25, 0.3) is 11.8 Å². The average molecular weight is 393 g/mol. The Morgan fingerprint density at radius 3 is 2.69 bits per heavy atom. The predicted molar refractivity (Wildman–Crippen MR) is 105 cm³/mol. The van der Waals surface area contributed by atoms with Gasteiger partial charge in [-0.3, -0.25) is 9.59 Å². The van der Waals surface area contributed by atoms with Crippen LogP contribution in [0.4, 0.5) is 4.79 Å². The summed E-state index contributed by atoms with van der Waals surface area (Å²) in [4.78, 5) is 40.7. The fraction of sp³-hybridized carbons (Fsp3) is 0.190. The number of amides is 3. The van der Waals surface area contributed by atoms with Gasteiger partial charge in [0.2, 0.25) is 0 Å². The third-order valence-electron chi connectivity index (χ3n) is 4.79. The summed E-state index contributed by atoms with van der Waals surface area (Å²) in [5.41, 5.74) is 1.90. The summed E-state index contributed by atoms with van der Waals surface area (Å²) in [6, 6.07) is 15.8. The molecule has 0 radical (unpaired) electrons. The van der Waals surface area contributed by atoms with Crippen molar-refractivity contribution < 1.29 is 23.9 Å². The molecule has 8 heteroatoms. The molecule has 4 rings (SSSR count). The summed E-state index contributed by atoms with van der Waals surface area (Å²) in [5.74, 6) is -0.101. The highest BCUT2D eigenvalue weighted by atomic mass is 16.6. The number of carbonyl (C=O) groups excluding carboxylic acids is 3. The van der Waals surface area contributed by atoms with E-state index in [4.69, 9.17) is 9.47 Å². The average Bonchev–Trinajstić information content (AvgIpc) is 3.31. The van der Waals surface area contributed by atoms with E-state index in [0.717, 1.165) is 21.4 Å². The molecule has 1 aliphatic rings. The van der Waals surface area contributed by atoms with Crippen LogP contribution >= 0.6 is 0 Å². The second-order valence-corrected chi connectivity index (χ2v) is 6.63. The predicted octanol–water partition coefficient (Wildman–Crippen LogP) is 2.63. The van der Waals surface area contributed by atoms with Crippen LogP contribution < -0.4 is 10.1 Å². The van der Waals surface area contributed by atoms with Crippen molar-refractivity contribution in [3.63, 3.8) is 0 Å². The van der Waals surface area contributed by atoms with Gasteiger partial charge < -0.3 is 19.8 Å². The Balaban J connectivity index is 1.59. The summed E-state index contributed by atoms with van der Waals surface area (Å²) in [6.45, 7) is -0.292. The molecule has 8 nitrogen and oxygen atoms in total. The molecule has 3 aromatic rings. The Labute approximate surface area is 166 Å². The first-order chi connectivity index (χ1) is 14.0. The van der Waals surface area contributed by atoms with E-state index >= 15 is 0 Å². The second-order valence-electron chi connectivity index (χ2n) is 6.63. The zero-order chi connectivity index (χ0) is 20.4. The first-order valence-electron chi connectivity index (χ1n) is 9.05. The van der Waals surface area contributed by atoms with Gasteiger partial charge in [-0.2, -0.15) is 0 Å². The van der Waals surface area contributed by atoms with E-state index in [1.807, 2.05) is 42.5 Å². The molecule has 29 heavy (non-hydrogen) atoms. The molecule has 1 aliphatic heterocycles. The minimum absolute atomic E-state index is 0.0124. The van der Waals surface area contributed by atoms with Gasteiger partial charge in [0.05, 0.1) is 19.7 Å². The monoisotopic (exact) mass is 393 g/mol. The minimum Gasteiger partial charge on any atom is -0.497 e. The number of ether oxygens (including phenoxy) is 2. The standard InChI is InChI=1S/C21H19N3O5/c1-28-15-8-7-14-9-17(22-16(14)10-15)20(26)23-18(13-5-3-2-4-6-13)11-24-19(25)12-29-21(24)27/h2-10,18,22H,11-12H2,1H3,(H,23,26). The molecule has 3 amide bonds. The number of benzene rings is 2. The van der Waals surface area contributed by atoms with E-state index in [9.17, 15) is 14.4 Å². The minimum atomic E-state index is -0.706. The number of fused-ring (bicyclic) bond motifs is 1. The molecule has 0 aliphatic carbocycles. The summed E-state index contributed by atoms with van der Waals surface area (Å²) < 4.78 is 9.98. The molecule has 0 bridgehead atoms. The molecule has 2 aromatic carbocycles. The van der Waals surface area contributed by atoms with Crippen molar-refractivity contribution in [2.24, 2.45) is 0 Å². The lowest BCUT2D eigenvalue weighted by Crippen LogP contribution is -2.40. The maximum Gasteiger partial charge on any atom is 0.417 e. The molecule has 1 aromatic heterocycles. The van der Waals surface area contributed by atoms with Gasteiger partial charge in [-0.25, -0.2) is 9.69 Å². The number of rotatable bonds is 6. The number of H-pyrrole nitrogens is 1. The molecular formula is C21H19N3O5. The van der Waals surface area contributed by atoms with Gasteiger partial charge in [-0.15, -0.1) is 0 Å². The number of nitrogens with zero attached hydrogens (tertiary/aromatic N) is 1. The van der Waals surface area contributed by atoms with Crippen LogP contribution in [0.5, 0.6) is 5.75 Å². The lowest BCUT2D eigenvalue weighted by molar-refractivity contribution is -0.126. The summed E-state index contributed by atoms with van der Waals surface area (Å²) in [5, 5.41) is 3.77. The van der Waals surface area contributed by atoms with Crippen LogP contribution in [0.1, 0.15) is 22.1 Å². The van der Waals surface area contributed by atoms with Crippen molar-refractivity contribution in [2.45, 2.75) is 6.04 Å². The molecular weight excluding hydrogens is 374 g/mol. The Morgan fingerprint density at radius 2 is 2.00 bits per heavy atom. The molecule has 1 fully saturated rings. The fourth-order valence-electron chi connectivity index (χ4n) is 3.25. The van der Waals surface area contributed by atoms with Crippen LogP contribution in [0.3, 0.4) is 0 Å². The third kappa shape index (κ3) is 3.77. The molecule has 2 heterocycles. The Hall–Kier alpha value is -3.81. The van der Waals surface area contributed by atoms with Crippen LogP contribution in [0.25, 0.3) is 10.9 Å². The fourth-order valence-corrected chi connectivity index (χ4v) is 3.25. The van der Waals surface area contributed by atoms with E-state index in [-0.39, 0.29) is 19.1 Å². The maximum absolute atomic E-state index is 12.9. The molecule has 1 saturated heterocycles. The second kappa shape index (κ2) is 7.67. The van der Waals surface area contributed by atoms with Crippen LogP contribution in [-0.4, -0.2) is 48.1 Å². The van der Waals surface area contributed by atoms with E-state index in [1.54, 1.807) is 19.2 Å². The number of carbonyl (C=O) groups is 3. The van der Waals surface area contributed by atoms with Gasteiger partial charge in [-0.05, 0) is 23.8 Å². The third-order valence-corrected chi connectivity index (χ3v) is 4.79. The normalized spacial score (nSPS) is 14.7. The van der Waals surface area contributed by atoms with Crippen molar-refractivity contribution in [1.29, 1.82) is 0 Å². The van der Waals surface area contributed by atoms with Crippen LogP contribution in [0.2, 0.25) is 0 Å². The van der Waals surface area contributed by atoms with Crippen molar-refractivity contribution in [3.8, 4) is 5.75 Å². The van der Waals surface area contributed by atoms with Crippen molar-refractivity contribution in [2.75, 3.05) is 20.3 Å². The number of imide groups is 1. The zero-order valence-corrected chi connectivity index (χ0v) is 15.7. The molecule has 148 valence electrons. The van der Waals surface area contributed by atoms with E-state index < -0.39 is 18.0 Å². The molecule has 0 spiro atoms. The highest BCUT2D eigenvalue weighted by Gasteiger charge is 2.34. The van der Waals surface area contributed by atoms with Crippen molar-refractivity contribution in [3.05, 3.63) is 65.9 Å². The summed E-state index contributed by atoms with van der Waals surface area (Å²) in [6.07, 6.45) is -0.706. The number of nitrogens with one attached hydrogen (secondary N) is 2. The Bertz CT molecular complexity index is 1060. The maximum atomic E-state index is 12.9. The van der Waals surface area contributed by atoms with Crippen LogP contribution in [0.15, 0.2) is 54.6 Å². The zero-order valence-electron chi connectivity index (χ0n) is 15.7. The van der Waals surface area contributed by atoms with Gasteiger partial charge in [-0.1, -0.05) is 30.3 Å². The smallest absolute Gasteiger partial charge is 0.417 e. The summed E-state index contributed by atoms with van der Waals surface area (Å²) in [7, 11) is 1.58. The quantitative estimate of drug-likeness (QED) is 0.671. The number of aromatic amines is 1. The SMILES string of the molecule is COc1ccc2cc(C(=O)NC(CN3C(=O)COC3=O)c3ccccc3)[nH]c2c1. The first kappa shape index (κ1) is 18.5. The molecule has 0 saturated carbocycles. The number of methoxy groups -OCH3 is 1. The van der Waals surface area contributed by atoms with Crippen LogP contribution in [-0.2, 0) is 9.53 Å².